The predicted octanol–water partition coefficient (Wildman–Crippen LogP) is 6.55. The van der Waals surface area contributed by atoms with Gasteiger partial charge in [-0.1, -0.05) is 36.4 Å². The Kier molecular flexibility index (Phi) is 7.19. The van der Waals surface area contributed by atoms with Crippen molar-refractivity contribution in [1.29, 1.82) is 0 Å². The molecule has 0 saturated heterocycles. The summed E-state index contributed by atoms with van der Waals surface area (Å²) in [6.45, 7) is 3.31. The van der Waals surface area contributed by atoms with Crippen molar-refractivity contribution in [3.8, 4) is 17.1 Å². The number of rotatable bonds is 7. The van der Waals surface area contributed by atoms with Gasteiger partial charge in [-0.15, -0.1) is 0 Å². The first-order valence-electron chi connectivity index (χ1n) is 11.9. The first-order chi connectivity index (χ1) is 19.2. The van der Waals surface area contributed by atoms with Crippen molar-refractivity contribution in [3.63, 3.8) is 0 Å². The second-order valence-electron chi connectivity index (χ2n) is 8.66. The van der Waals surface area contributed by atoms with Gasteiger partial charge in [-0.3, -0.25) is 18.9 Å². The third kappa shape index (κ3) is 5.34. The standard InChI is InChI=1S/C29H20ClF3N4O3/c1-2-27(38)35-20-7-4-8-21(14-20)36-24-11-12-34-16-25(24)37(28(36)39)22-9-10-26(23(30)15-22)40-17-18-5-3-6-19(13-18)29(31,32)33/h2-16H,1,17H2,(H,35,38). The zero-order valence-electron chi connectivity index (χ0n) is 20.7. The molecule has 3 aromatic carbocycles. The molecule has 202 valence electrons. The van der Waals surface area contributed by atoms with Crippen LogP contribution in [-0.2, 0) is 17.6 Å². The fraction of sp³-hybridized carbons (Fsp3) is 0.0690. The molecule has 0 saturated carbocycles. The molecule has 5 rings (SSSR count). The summed E-state index contributed by atoms with van der Waals surface area (Å²) >= 11 is 6.47. The third-order valence-electron chi connectivity index (χ3n) is 6.02. The van der Waals surface area contributed by atoms with E-state index < -0.39 is 17.4 Å². The van der Waals surface area contributed by atoms with E-state index >= 15 is 0 Å². The van der Waals surface area contributed by atoms with Crippen molar-refractivity contribution in [3.05, 3.63) is 124 Å². The molecule has 0 atom stereocenters. The van der Waals surface area contributed by atoms with Crippen molar-refractivity contribution in [2.24, 2.45) is 0 Å². The average Bonchev–Trinajstić information content (AvgIpc) is 3.23. The number of hydrogen-bond donors (Lipinski definition) is 1. The second kappa shape index (κ2) is 10.7. The molecule has 0 aliphatic carbocycles. The SMILES string of the molecule is C=CC(=O)Nc1cccc(-n2c(=O)n(-c3ccc(OCc4cccc(C(F)(F)F)c4)c(Cl)c3)c3cnccc32)c1. The Balaban J connectivity index is 1.49. The summed E-state index contributed by atoms with van der Waals surface area (Å²) in [5, 5.41) is 2.84. The second-order valence-corrected chi connectivity index (χ2v) is 9.07. The van der Waals surface area contributed by atoms with Crippen molar-refractivity contribution in [2.75, 3.05) is 5.32 Å². The topological polar surface area (TPSA) is 78.2 Å². The van der Waals surface area contributed by atoms with E-state index in [1.54, 1.807) is 54.9 Å². The maximum absolute atomic E-state index is 13.7. The van der Waals surface area contributed by atoms with Gasteiger partial charge in [0.05, 0.1) is 39.2 Å². The number of alkyl halides is 3. The molecule has 0 spiro atoms. The average molecular weight is 565 g/mol. The summed E-state index contributed by atoms with van der Waals surface area (Å²) in [5.41, 5.74) is 1.62. The Morgan fingerprint density at radius 1 is 1.00 bits per heavy atom. The number of halogens is 4. The molecule has 0 bridgehead atoms. The summed E-state index contributed by atoms with van der Waals surface area (Å²) in [6, 6.07) is 18.0. The number of carbonyl (C=O) groups is 1. The Morgan fingerprint density at radius 2 is 1.75 bits per heavy atom. The quantitative estimate of drug-likeness (QED) is 0.227. The molecular formula is C29H20ClF3N4O3. The van der Waals surface area contributed by atoms with Crippen LogP contribution in [-0.4, -0.2) is 20.0 Å². The largest absolute Gasteiger partial charge is 0.487 e. The van der Waals surface area contributed by atoms with E-state index in [1.165, 1.54) is 27.3 Å². The third-order valence-corrected chi connectivity index (χ3v) is 6.32. The van der Waals surface area contributed by atoms with Gasteiger partial charge in [-0.25, -0.2) is 4.79 Å². The number of benzene rings is 3. The van der Waals surface area contributed by atoms with Crippen LogP contribution in [0.25, 0.3) is 22.4 Å². The molecular weight excluding hydrogens is 545 g/mol. The molecule has 11 heteroatoms. The van der Waals surface area contributed by atoms with Crippen molar-refractivity contribution in [2.45, 2.75) is 12.8 Å². The predicted molar refractivity (Wildman–Crippen MR) is 146 cm³/mol. The molecule has 7 nitrogen and oxygen atoms in total. The summed E-state index contributed by atoms with van der Waals surface area (Å²) in [4.78, 5) is 29.7. The number of pyridine rings is 1. The van der Waals surface area contributed by atoms with Gasteiger partial charge in [0, 0.05) is 11.9 Å². The lowest BCUT2D eigenvalue weighted by molar-refractivity contribution is -0.137. The molecule has 1 amide bonds. The van der Waals surface area contributed by atoms with E-state index in [-0.39, 0.29) is 23.3 Å². The zero-order chi connectivity index (χ0) is 28.4. The molecule has 0 fully saturated rings. The number of amides is 1. The van der Waals surface area contributed by atoms with Crippen LogP contribution in [0.4, 0.5) is 18.9 Å². The molecule has 0 radical (unpaired) electrons. The molecule has 0 aliphatic rings. The highest BCUT2D eigenvalue weighted by atomic mass is 35.5. The Hall–Kier alpha value is -4.83. The van der Waals surface area contributed by atoms with Gasteiger partial charge in [0.2, 0.25) is 5.91 Å². The maximum Gasteiger partial charge on any atom is 0.416 e. The van der Waals surface area contributed by atoms with Gasteiger partial charge in [0.1, 0.15) is 12.4 Å². The van der Waals surface area contributed by atoms with E-state index in [2.05, 4.69) is 16.9 Å². The lowest BCUT2D eigenvalue weighted by Crippen LogP contribution is -2.22. The highest BCUT2D eigenvalue weighted by Gasteiger charge is 2.30. The van der Waals surface area contributed by atoms with Crippen LogP contribution in [0.2, 0.25) is 5.02 Å². The number of hydrogen-bond acceptors (Lipinski definition) is 4. The van der Waals surface area contributed by atoms with Crippen molar-refractivity contribution < 1.29 is 22.7 Å². The van der Waals surface area contributed by atoms with Crippen LogP contribution in [0.1, 0.15) is 11.1 Å². The minimum Gasteiger partial charge on any atom is -0.487 e. The Labute approximate surface area is 230 Å². The number of anilines is 1. The Morgan fingerprint density at radius 3 is 2.50 bits per heavy atom. The van der Waals surface area contributed by atoms with E-state index in [0.29, 0.717) is 33.7 Å². The van der Waals surface area contributed by atoms with Crippen LogP contribution in [0.3, 0.4) is 0 Å². The van der Waals surface area contributed by atoms with E-state index in [1.807, 2.05) is 0 Å². The molecule has 1 N–H and O–H groups in total. The maximum atomic E-state index is 13.7. The smallest absolute Gasteiger partial charge is 0.416 e. The van der Waals surface area contributed by atoms with E-state index in [0.717, 1.165) is 18.2 Å². The van der Waals surface area contributed by atoms with Crippen LogP contribution < -0.4 is 15.7 Å². The summed E-state index contributed by atoms with van der Waals surface area (Å²) < 4.78 is 47.7. The van der Waals surface area contributed by atoms with Gasteiger partial charge in [-0.05, 0) is 66.2 Å². The summed E-state index contributed by atoms with van der Waals surface area (Å²) in [5.74, 6) is -0.149. The number of aromatic nitrogens is 3. The number of fused-ring (bicyclic) bond motifs is 1. The molecule has 2 aromatic heterocycles. The lowest BCUT2D eigenvalue weighted by atomic mass is 10.1. The fourth-order valence-corrected chi connectivity index (χ4v) is 4.44. The zero-order valence-corrected chi connectivity index (χ0v) is 21.4. The molecule has 2 heterocycles. The normalized spacial score (nSPS) is 11.4. The molecule has 40 heavy (non-hydrogen) atoms. The number of nitrogens with zero attached hydrogens (tertiary/aromatic N) is 3. The summed E-state index contributed by atoms with van der Waals surface area (Å²) in [7, 11) is 0. The fourth-order valence-electron chi connectivity index (χ4n) is 4.21. The highest BCUT2D eigenvalue weighted by Crippen LogP contribution is 2.32. The van der Waals surface area contributed by atoms with Crippen LogP contribution >= 0.6 is 11.6 Å². The van der Waals surface area contributed by atoms with Gasteiger partial charge in [-0.2, -0.15) is 13.2 Å². The van der Waals surface area contributed by atoms with Gasteiger partial charge in [0.15, 0.2) is 0 Å². The highest BCUT2D eigenvalue weighted by molar-refractivity contribution is 6.32. The van der Waals surface area contributed by atoms with Crippen LogP contribution in [0.5, 0.6) is 5.75 Å². The Bertz CT molecular complexity index is 1810. The molecule has 5 aromatic rings. The van der Waals surface area contributed by atoms with Gasteiger partial charge >= 0.3 is 11.9 Å². The number of carbonyl (C=O) groups excluding carboxylic acids is 1. The minimum atomic E-state index is -4.46. The van der Waals surface area contributed by atoms with Gasteiger partial charge < -0.3 is 10.1 Å². The summed E-state index contributed by atoms with van der Waals surface area (Å²) in [6.07, 6.45) is -0.212. The first kappa shape index (κ1) is 26.8. The van der Waals surface area contributed by atoms with Crippen LogP contribution in [0, 0.1) is 0 Å². The van der Waals surface area contributed by atoms with E-state index in [4.69, 9.17) is 16.3 Å². The van der Waals surface area contributed by atoms with E-state index in [9.17, 15) is 22.8 Å². The monoisotopic (exact) mass is 564 g/mol. The van der Waals surface area contributed by atoms with Crippen LogP contribution in [0.15, 0.2) is 103 Å². The lowest BCUT2D eigenvalue weighted by Gasteiger charge is -2.12. The molecule has 0 unspecified atom stereocenters. The number of ether oxygens (including phenoxy) is 1. The number of nitrogens with one attached hydrogen (secondary N) is 1. The first-order valence-corrected chi connectivity index (χ1v) is 12.2. The molecule has 0 aliphatic heterocycles. The van der Waals surface area contributed by atoms with Crippen molar-refractivity contribution in [1.82, 2.24) is 14.1 Å². The minimum absolute atomic E-state index is 0.134. The van der Waals surface area contributed by atoms with Crippen molar-refractivity contribution >= 4 is 34.2 Å². The van der Waals surface area contributed by atoms with Gasteiger partial charge in [0.25, 0.3) is 0 Å². The number of imidazole rings is 1.